The second-order valence-corrected chi connectivity index (χ2v) is 5.84. The molecule has 2 aromatic carbocycles. The lowest BCUT2D eigenvalue weighted by atomic mass is 10.1. The Balaban J connectivity index is 1.67. The number of nitrogens with zero attached hydrogens (tertiary/aromatic N) is 1. The fourth-order valence-electron chi connectivity index (χ4n) is 2.60. The van der Waals surface area contributed by atoms with Crippen molar-refractivity contribution >= 4 is 23.2 Å². The molecule has 23 heavy (non-hydrogen) atoms. The quantitative estimate of drug-likeness (QED) is 0.910. The zero-order valence-corrected chi connectivity index (χ0v) is 13.2. The average molecular weight is 309 g/mol. The smallest absolute Gasteiger partial charge is 0.251 e. The van der Waals surface area contributed by atoms with Crippen molar-refractivity contribution in [1.82, 2.24) is 5.32 Å². The lowest BCUT2D eigenvalue weighted by Crippen LogP contribution is -2.23. The Kier molecular flexibility index (Phi) is 4.02. The third-order valence-electron chi connectivity index (χ3n) is 3.87. The summed E-state index contributed by atoms with van der Waals surface area (Å²) in [6.45, 7) is 0.437. The van der Waals surface area contributed by atoms with Crippen LogP contribution in [0.25, 0.3) is 0 Å². The molecule has 1 heterocycles. The number of nitrogens with one attached hydrogen (secondary N) is 2. The van der Waals surface area contributed by atoms with Gasteiger partial charge < -0.3 is 15.5 Å². The summed E-state index contributed by atoms with van der Waals surface area (Å²) in [7, 11) is 3.88. The Hall–Kier alpha value is -2.82. The number of amides is 2. The van der Waals surface area contributed by atoms with E-state index in [1.165, 1.54) is 0 Å². The number of fused-ring (bicyclic) bond motifs is 1. The molecule has 0 atom stereocenters. The summed E-state index contributed by atoms with van der Waals surface area (Å²) in [6.07, 6.45) is 0.405. The molecule has 3 rings (SSSR count). The van der Waals surface area contributed by atoms with Crippen molar-refractivity contribution < 1.29 is 9.59 Å². The highest BCUT2D eigenvalue weighted by Crippen LogP contribution is 2.23. The van der Waals surface area contributed by atoms with Crippen molar-refractivity contribution in [1.29, 1.82) is 0 Å². The van der Waals surface area contributed by atoms with Gasteiger partial charge in [0.1, 0.15) is 0 Å². The van der Waals surface area contributed by atoms with E-state index in [0.717, 1.165) is 22.5 Å². The van der Waals surface area contributed by atoms with Crippen molar-refractivity contribution in [2.45, 2.75) is 13.0 Å². The van der Waals surface area contributed by atoms with Crippen LogP contribution in [-0.2, 0) is 17.8 Å². The SMILES string of the molecule is CN(C)c1cccc(C(=O)NCc2ccc3c(c2)CC(=O)N3)c1. The number of carbonyl (C=O) groups excluding carboxylic acids is 2. The summed E-state index contributed by atoms with van der Waals surface area (Å²) < 4.78 is 0. The zero-order valence-electron chi connectivity index (χ0n) is 13.2. The van der Waals surface area contributed by atoms with E-state index >= 15 is 0 Å². The summed E-state index contributed by atoms with van der Waals surface area (Å²) in [6, 6.07) is 13.3. The van der Waals surface area contributed by atoms with E-state index in [2.05, 4.69) is 10.6 Å². The van der Waals surface area contributed by atoms with Gasteiger partial charge in [-0.2, -0.15) is 0 Å². The van der Waals surface area contributed by atoms with Crippen LogP contribution in [0, 0.1) is 0 Å². The van der Waals surface area contributed by atoms with E-state index in [-0.39, 0.29) is 11.8 Å². The Bertz CT molecular complexity index is 769. The lowest BCUT2D eigenvalue weighted by molar-refractivity contribution is -0.115. The molecule has 1 aliphatic heterocycles. The van der Waals surface area contributed by atoms with Crippen LogP contribution in [0.4, 0.5) is 11.4 Å². The number of carbonyl (C=O) groups is 2. The second kappa shape index (κ2) is 6.12. The van der Waals surface area contributed by atoms with Crippen LogP contribution in [0.5, 0.6) is 0 Å². The molecule has 1 aliphatic rings. The largest absolute Gasteiger partial charge is 0.378 e. The first kappa shape index (κ1) is 15.1. The second-order valence-electron chi connectivity index (χ2n) is 5.84. The first-order valence-corrected chi connectivity index (χ1v) is 7.50. The fraction of sp³-hybridized carbons (Fsp3) is 0.222. The highest BCUT2D eigenvalue weighted by molar-refractivity contribution is 5.99. The van der Waals surface area contributed by atoms with E-state index in [0.29, 0.717) is 18.5 Å². The molecule has 0 spiro atoms. The van der Waals surface area contributed by atoms with Crippen molar-refractivity contribution in [3.05, 3.63) is 59.2 Å². The van der Waals surface area contributed by atoms with Gasteiger partial charge in [0.2, 0.25) is 5.91 Å². The summed E-state index contributed by atoms with van der Waals surface area (Å²) in [5.41, 5.74) is 4.45. The molecule has 0 aromatic heterocycles. The summed E-state index contributed by atoms with van der Waals surface area (Å²) in [4.78, 5) is 25.6. The summed E-state index contributed by atoms with van der Waals surface area (Å²) in [5, 5.41) is 5.72. The van der Waals surface area contributed by atoms with Crippen molar-refractivity contribution in [2.75, 3.05) is 24.3 Å². The number of rotatable bonds is 4. The van der Waals surface area contributed by atoms with Crippen molar-refractivity contribution in [3.63, 3.8) is 0 Å². The fourth-order valence-corrected chi connectivity index (χ4v) is 2.60. The molecule has 2 amide bonds. The van der Waals surface area contributed by atoms with Gasteiger partial charge in [0.25, 0.3) is 5.91 Å². The topological polar surface area (TPSA) is 61.4 Å². The highest BCUT2D eigenvalue weighted by Gasteiger charge is 2.17. The molecule has 0 radical (unpaired) electrons. The molecule has 0 bridgehead atoms. The minimum absolute atomic E-state index is 0.0154. The highest BCUT2D eigenvalue weighted by atomic mass is 16.2. The van der Waals surface area contributed by atoms with E-state index in [1.807, 2.05) is 55.4 Å². The van der Waals surface area contributed by atoms with Gasteiger partial charge in [0.15, 0.2) is 0 Å². The first-order chi connectivity index (χ1) is 11.0. The molecule has 5 nitrogen and oxygen atoms in total. The molecule has 0 fully saturated rings. The molecule has 118 valence electrons. The van der Waals surface area contributed by atoms with E-state index in [1.54, 1.807) is 6.07 Å². The van der Waals surface area contributed by atoms with Gasteiger partial charge in [-0.3, -0.25) is 9.59 Å². The van der Waals surface area contributed by atoms with E-state index < -0.39 is 0 Å². The number of hydrogen-bond acceptors (Lipinski definition) is 3. The number of hydrogen-bond donors (Lipinski definition) is 2. The molecule has 0 saturated carbocycles. The molecular weight excluding hydrogens is 290 g/mol. The van der Waals surface area contributed by atoms with Crippen LogP contribution >= 0.6 is 0 Å². The van der Waals surface area contributed by atoms with Gasteiger partial charge in [-0.15, -0.1) is 0 Å². The van der Waals surface area contributed by atoms with Crippen LogP contribution in [0.2, 0.25) is 0 Å². The maximum absolute atomic E-state index is 12.3. The van der Waals surface area contributed by atoms with Crippen LogP contribution in [0.15, 0.2) is 42.5 Å². The normalized spacial score (nSPS) is 12.5. The molecule has 5 heteroatoms. The molecule has 0 unspecified atom stereocenters. The predicted octanol–water partition coefficient (Wildman–Crippen LogP) is 2.18. The first-order valence-electron chi connectivity index (χ1n) is 7.50. The van der Waals surface area contributed by atoms with Gasteiger partial charge in [-0.05, 0) is 35.4 Å². The summed E-state index contributed by atoms with van der Waals surface area (Å²) in [5.74, 6) is -0.0925. The van der Waals surface area contributed by atoms with Crippen LogP contribution < -0.4 is 15.5 Å². The molecule has 2 N–H and O–H groups in total. The Labute approximate surface area is 135 Å². The minimum atomic E-state index is -0.108. The Morgan fingerprint density at radius 3 is 2.83 bits per heavy atom. The average Bonchev–Trinajstić information content (AvgIpc) is 2.91. The Morgan fingerprint density at radius 2 is 2.04 bits per heavy atom. The van der Waals surface area contributed by atoms with Crippen molar-refractivity contribution in [3.8, 4) is 0 Å². The summed E-state index contributed by atoms with van der Waals surface area (Å²) >= 11 is 0. The Morgan fingerprint density at radius 1 is 1.22 bits per heavy atom. The lowest BCUT2D eigenvalue weighted by Gasteiger charge is -2.13. The van der Waals surface area contributed by atoms with Crippen molar-refractivity contribution in [2.24, 2.45) is 0 Å². The van der Waals surface area contributed by atoms with E-state index in [4.69, 9.17) is 0 Å². The van der Waals surface area contributed by atoms with Gasteiger partial charge >= 0.3 is 0 Å². The van der Waals surface area contributed by atoms with Gasteiger partial charge in [0.05, 0.1) is 6.42 Å². The van der Waals surface area contributed by atoms with Crippen LogP contribution in [0.1, 0.15) is 21.5 Å². The van der Waals surface area contributed by atoms with Gasteiger partial charge in [0, 0.05) is 37.6 Å². The third kappa shape index (κ3) is 3.34. The predicted molar refractivity (Wildman–Crippen MR) is 90.7 cm³/mol. The van der Waals surface area contributed by atoms with Gasteiger partial charge in [-0.25, -0.2) is 0 Å². The zero-order chi connectivity index (χ0) is 16.4. The number of benzene rings is 2. The van der Waals surface area contributed by atoms with Crippen LogP contribution in [0.3, 0.4) is 0 Å². The number of anilines is 2. The van der Waals surface area contributed by atoms with Gasteiger partial charge in [-0.1, -0.05) is 18.2 Å². The third-order valence-corrected chi connectivity index (χ3v) is 3.87. The monoisotopic (exact) mass is 309 g/mol. The molecule has 0 saturated heterocycles. The molecular formula is C18H19N3O2. The molecule has 0 aliphatic carbocycles. The standard InChI is InChI=1S/C18H19N3O2/c1-21(2)15-5-3-4-13(9-15)18(23)19-11-12-6-7-16-14(8-12)10-17(22)20-16/h3-9H,10-11H2,1-2H3,(H,19,23)(H,20,22). The van der Waals surface area contributed by atoms with E-state index in [9.17, 15) is 9.59 Å². The minimum Gasteiger partial charge on any atom is -0.378 e. The maximum atomic E-state index is 12.3. The molecule has 2 aromatic rings. The maximum Gasteiger partial charge on any atom is 0.251 e. The van der Waals surface area contributed by atoms with Crippen LogP contribution in [-0.4, -0.2) is 25.9 Å².